The minimum atomic E-state index is 0.176. The Kier molecular flexibility index (Phi) is 6.09. The van der Waals surface area contributed by atoms with Crippen LogP contribution in [0.1, 0.15) is 63.5 Å². The second-order valence-corrected chi connectivity index (χ2v) is 10.2. The van der Waals surface area contributed by atoms with Crippen LogP contribution in [0.25, 0.3) is 0 Å². The van der Waals surface area contributed by atoms with E-state index in [1.54, 1.807) is 6.26 Å². The molecule has 170 valence electrons. The molecule has 5 rings (SSSR count). The van der Waals surface area contributed by atoms with Gasteiger partial charge in [0.05, 0.1) is 6.26 Å². The van der Waals surface area contributed by atoms with Crippen molar-refractivity contribution in [1.29, 1.82) is 0 Å². The molecule has 2 aliphatic heterocycles. The van der Waals surface area contributed by atoms with E-state index >= 15 is 0 Å². The summed E-state index contributed by atoms with van der Waals surface area (Å²) < 4.78 is 5.34. The summed E-state index contributed by atoms with van der Waals surface area (Å²) in [5.74, 6) is 1.68. The highest BCUT2D eigenvalue weighted by Gasteiger charge is 2.59. The first kappa shape index (κ1) is 21.0. The van der Waals surface area contributed by atoms with Gasteiger partial charge in [-0.2, -0.15) is 0 Å². The Morgan fingerprint density at radius 3 is 2.39 bits per heavy atom. The maximum absolute atomic E-state index is 13.2. The first-order valence-electron chi connectivity index (χ1n) is 12.5. The quantitative estimate of drug-likeness (QED) is 0.723. The number of carbonyl (C=O) groups is 2. The number of rotatable bonds is 5. The number of likely N-dealkylation sites (tertiary alicyclic amines) is 1. The Labute approximate surface area is 185 Å². The van der Waals surface area contributed by atoms with E-state index in [-0.39, 0.29) is 17.2 Å². The van der Waals surface area contributed by atoms with Crippen LogP contribution >= 0.6 is 0 Å². The number of hydrogen-bond acceptors (Lipinski definition) is 4. The number of hydrogen-bond donors (Lipinski definition) is 0. The van der Waals surface area contributed by atoms with Crippen molar-refractivity contribution in [2.45, 2.75) is 70.3 Å². The lowest BCUT2D eigenvalue weighted by Gasteiger charge is -2.41. The van der Waals surface area contributed by atoms with Gasteiger partial charge in [0.15, 0.2) is 0 Å². The van der Waals surface area contributed by atoms with Gasteiger partial charge in [0.25, 0.3) is 0 Å². The van der Waals surface area contributed by atoms with E-state index in [1.165, 1.54) is 32.1 Å². The molecule has 0 unspecified atom stereocenters. The smallest absolute Gasteiger partial charge is 0.226 e. The predicted molar refractivity (Wildman–Crippen MR) is 118 cm³/mol. The highest BCUT2D eigenvalue weighted by molar-refractivity contribution is 5.83. The number of piperazine rings is 1. The number of furan rings is 1. The van der Waals surface area contributed by atoms with Crippen LogP contribution in [0.15, 0.2) is 22.8 Å². The van der Waals surface area contributed by atoms with Gasteiger partial charge in [0.1, 0.15) is 5.76 Å². The molecule has 6 nitrogen and oxygen atoms in total. The second kappa shape index (κ2) is 8.97. The number of nitrogens with zero attached hydrogens (tertiary/aromatic N) is 3. The molecule has 2 aliphatic carbocycles. The standard InChI is InChI=1S/C25H37N3O3/c29-23(9-8-21-7-4-18-31-21)27-12-10-25(11-13-27)19-22(25)24(30)28-16-14-26(15-17-28)20-5-2-1-3-6-20/h4,7,18,20,22H,1-3,5-6,8-17,19H2/t22-/m0/s1. The van der Waals surface area contributed by atoms with Gasteiger partial charge >= 0.3 is 0 Å². The van der Waals surface area contributed by atoms with E-state index < -0.39 is 0 Å². The lowest BCUT2D eigenvalue weighted by Crippen LogP contribution is -2.53. The molecular formula is C25H37N3O3. The first-order chi connectivity index (χ1) is 15.1. The molecule has 0 aromatic carbocycles. The van der Waals surface area contributed by atoms with Crippen LogP contribution in [0, 0.1) is 11.3 Å². The van der Waals surface area contributed by atoms with Gasteiger partial charge in [0.2, 0.25) is 11.8 Å². The Morgan fingerprint density at radius 1 is 0.968 bits per heavy atom. The van der Waals surface area contributed by atoms with Crippen LogP contribution in [0.2, 0.25) is 0 Å². The molecule has 0 bridgehead atoms. The van der Waals surface area contributed by atoms with Crippen molar-refractivity contribution in [3.8, 4) is 0 Å². The van der Waals surface area contributed by atoms with Crippen molar-refractivity contribution >= 4 is 11.8 Å². The van der Waals surface area contributed by atoms with E-state index in [1.807, 2.05) is 17.0 Å². The van der Waals surface area contributed by atoms with Crippen LogP contribution in [0.3, 0.4) is 0 Å². The maximum Gasteiger partial charge on any atom is 0.226 e. The van der Waals surface area contributed by atoms with E-state index in [2.05, 4.69) is 9.80 Å². The third kappa shape index (κ3) is 4.55. The number of piperidine rings is 1. The Balaban J connectivity index is 1.05. The fraction of sp³-hybridized carbons (Fsp3) is 0.760. The molecule has 2 saturated heterocycles. The van der Waals surface area contributed by atoms with Crippen molar-refractivity contribution < 1.29 is 14.0 Å². The molecule has 6 heteroatoms. The van der Waals surface area contributed by atoms with Crippen LogP contribution in [-0.4, -0.2) is 71.8 Å². The number of aryl methyl sites for hydroxylation is 1. The maximum atomic E-state index is 13.2. The third-order valence-corrected chi connectivity index (χ3v) is 8.48. The molecule has 2 amide bonds. The van der Waals surface area contributed by atoms with E-state index in [4.69, 9.17) is 4.42 Å². The van der Waals surface area contributed by atoms with E-state index in [0.717, 1.165) is 70.3 Å². The molecule has 0 radical (unpaired) electrons. The van der Waals surface area contributed by atoms with Crippen LogP contribution in [-0.2, 0) is 16.0 Å². The van der Waals surface area contributed by atoms with Gasteiger partial charge in [-0.3, -0.25) is 14.5 Å². The molecule has 3 heterocycles. The molecule has 1 aromatic heterocycles. The zero-order valence-corrected chi connectivity index (χ0v) is 18.8. The van der Waals surface area contributed by atoms with Gasteiger partial charge in [-0.25, -0.2) is 0 Å². The predicted octanol–water partition coefficient (Wildman–Crippen LogP) is 3.32. The van der Waals surface area contributed by atoms with Crippen LogP contribution in [0.5, 0.6) is 0 Å². The van der Waals surface area contributed by atoms with E-state index in [9.17, 15) is 9.59 Å². The zero-order chi connectivity index (χ0) is 21.3. The summed E-state index contributed by atoms with van der Waals surface area (Å²) in [6.45, 7) is 5.51. The van der Waals surface area contributed by atoms with E-state index in [0.29, 0.717) is 18.7 Å². The van der Waals surface area contributed by atoms with Crippen molar-refractivity contribution in [2.75, 3.05) is 39.3 Å². The molecule has 1 atom stereocenters. The normalized spacial score (nSPS) is 26.9. The average molecular weight is 428 g/mol. The average Bonchev–Trinajstić information content (AvgIpc) is 3.25. The Morgan fingerprint density at radius 2 is 1.71 bits per heavy atom. The zero-order valence-electron chi connectivity index (χ0n) is 18.8. The fourth-order valence-corrected chi connectivity index (χ4v) is 6.27. The van der Waals surface area contributed by atoms with Crippen molar-refractivity contribution in [3.05, 3.63) is 24.2 Å². The van der Waals surface area contributed by atoms with Gasteiger partial charge in [-0.1, -0.05) is 19.3 Å². The SMILES string of the molecule is O=C(CCc1ccco1)N1CCC2(CC1)C[C@H]2C(=O)N1CCN(C2CCCCC2)CC1. The Hall–Kier alpha value is -1.82. The van der Waals surface area contributed by atoms with Gasteiger partial charge in [0, 0.05) is 64.1 Å². The fourth-order valence-electron chi connectivity index (χ4n) is 6.27. The molecular weight excluding hydrogens is 390 g/mol. The highest BCUT2D eigenvalue weighted by Crippen LogP contribution is 2.60. The largest absolute Gasteiger partial charge is 0.469 e. The molecule has 2 saturated carbocycles. The highest BCUT2D eigenvalue weighted by atomic mass is 16.3. The third-order valence-electron chi connectivity index (χ3n) is 8.48. The molecule has 1 aromatic rings. The van der Waals surface area contributed by atoms with Gasteiger partial charge in [-0.15, -0.1) is 0 Å². The molecule has 4 aliphatic rings. The Bertz CT molecular complexity index is 755. The molecule has 31 heavy (non-hydrogen) atoms. The van der Waals surface area contributed by atoms with Crippen molar-refractivity contribution in [1.82, 2.24) is 14.7 Å². The minimum absolute atomic E-state index is 0.176. The summed E-state index contributed by atoms with van der Waals surface area (Å²) in [4.78, 5) is 32.5. The van der Waals surface area contributed by atoms with Crippen LogP contribution < -0.4 is 0 Å². The number of amides is 2. The summed E-state index contributed by atoms with van der Waals surface area (Å²) in [6.07, 6.45) is 12.7. The second-order valence-electron chi connectivity index (χ2n) is 10.2. The lowest BCUT2D eigenvalue weighted by atomic mass is 9.90. The number of carbonyl (C=O) groups excluding carboxylic acids is 2. The van der Waals surface area contributed by atoms with Gasteiger partial charge < -0.3 is 14.2 Å². The summed E-state index contributed by atoms with van der Waals surface area (Å²) >= 11 is 0. The topological polar surface area (TPSA) is 57.0 Å². The van der Waals surface area contributed by atoms with Crippen molar-refractivity contribution in [2.24, 2.45) is 11.3 Å². The minimum Gasteiger partial charge on any atom is -0.469 e. The summed E-state index contributed by atoms with van der Waals surface area (Å²) in [6, 6.07) is 4.55. The molecule has 0 N–H and O–H groups in total. The summed E-state index contributed by atoms with van der Waals surface area (Å²) in [7, 11) is 0. The van der Waals surface area contributed by atoms with Crippen molar-refractivity contribution in [3.63, 3.8) is 0 Å². The van der Waals surface area contributed by atoms with Gasteiger partial charge in [-0.05, 0) is 49.7 Å². The summed E-state index contributed by atoms with van der Waals surface area (Å²) in [5, 5.41) is 0. The molecule has 1 spiro atoms. The lowest BCUT2D eigenvalue weighted by molar-refractivity contribution is -0.136. The first-order valence-corrected chi connectivity index (χ1v) is 12.5. The summed E-state index contributed by atoms with van der Waals surface area (Å²) in [5.41, 5.74) is 0.176. The molecule has 4 fully saturated rings. The van der Waals surface area contributed by atoms with Crippen LogP contribution in [0.4, 0.5) is 0 Å². The monoisotopic (exact) mass is 427 g/mol.